The predicted octanol–water partition coefficient (Wildman–Crippen LogP) is 3.87. The van der Waals surface area contributed by atoms with E-state index in [9.17, 15) is 18.8 Å². The smallest absolute Gasteiger partial charge is 0.308 e. The van der Waals surface area contributed by atoms with Gasteiger partial charge in [0, 0.05) is 23.3 Å². The van der Waals surface area contributed by atoms with Crippen LogP contribution in [0.15, 0.2) is 35.6 Å². The Bertz CT molecular complexity index is 837. The molecule has 0 N–H and O–H groups in total. The van der Waals surface area contributed by atoms with Gasteiger partial charge in [-0.25, -0.2) is 4.39 Å². The van der Waals surface area contributed by atoms with Crippen LogP contribution in [0.2, 0.25) is 0 Å². The van der Waals surface area contributed by atoms with Crippen molar-refractivity contribution in [1.82, 2.24) is 0 Å². The van der Waals surface area contributed by atoms with Gasteiger partial charge >= 0.3 is 5.97 Å². The molecular formula is C22H25FO4. The third kappa shape index (κ3) is 2.36. The second kappa shape index (κ2) is 5.73. The van der Waals surface area contributed by atoms with Crippen LogP contribution < -0.4 is 0 Å². The van der Waals surface area contributed by atoms with Crippen LogP contribution in [0.3, 0.4) is 0 Å². The first-order valence-electron chi connectivity index (χ1n) is 9.63. The second-order valence-electron chi connectivity index (χ2n) is 8.99. The lowest BCUT2D eigenvalue weighted by Gasteiger charge is -2.56. The molecule has 0 aromatic rings. The molecule has 4 nitrogen and oxygen atoms in total. The number of hydrogen-bond acceptors (Lipinski definition) is 4. The largest absolute Gasteiger partial charge is 0.422 e. The van der Waals surface area contributed by atoms with Crippen molar-refractivity contribution in [1.29, 1.82) is 0 Å². The summed E-state index contributed by atoms with van der Waals surface area (Å²) in [7, 11) is 0. The molecule has 0 spiro atoms. The van der Waals surface area contributed by atoms with Crippen LogP contribution in [0.4, 0.5) is 4.39 Å². The summed E-state index contributed by atoms with van der Waals surface area (Å²) in [6.07, 6.45) is 4.29. The van der Waals surface area contributed by atoms with Crippen LogP contribution in [0, 0.1) is 28.6 Å². The highest BCUT2D eigenvalue weighted by Gasteiger charge is 2.62. The Balaban J connectivity index is 1.80. The highest BCUT2D eigenvalue weighted by molar-refractivity contribution is 6.06. The number of esters is 1. The zero-order valence-corrected chi connectivity index (χ0v) is 16.0. The molecule has 4 rings (SSSR count). The molecule has 3 fully saturated rings. The number of hydrogen-bond donors (Lipinski definition) is 0. The van der Waals surface area contributed by atoms with Gasteiger partial charge in [0.05, 0.1) is 0 Å². The van der Waals surface area contributed by atoms with Crippen molar-refractivity contribution < 1.29 is 23.5 Å². The van der Waals surface area contributed by atoms with E-state index in [1.807, 2.05) is 19.9 Å². The SMILES string of the molecule is C=C1C[C@@H]2[C@H](CC[C@]3(C)C(=O)[C@@H](F)C[C@@H]23)[C@@]2(C)C=CC(=O)C(OC(C)=O)=C12. The topological polar surface area (TPSA) is 60.4 Å². The van der Waals surface area contributed by atoms with Crippen LogP contribution in [-0.2, 0) is 19.1 Å². The first kappa shape index (κ1) is 18.3. The van der Waals surface area contributed by atoms with E-state index in [0.29, 0.717) is 18.4 Å². The number of carbonyl (C=O) groups is 3. The van der Waals surface area contributed by atoms with Gasteiger partial charge in [-0.3, -0.25) is 14.4 Å². The molecule has 0 aromatic heterocycles. The van der Waals surface area contributed by atoms with Crippen molar-refractivity contribution in [2.75, 3.05) is 0 Å². The number of Topliss-reactive ketones (excluding diaryl/α,β-unsaturated/α-hetero) is 1. The van der Waals surface area contributed by atoms with Gasteiger partial charge in [0.15, 0.2) is 17.7 Å². The van der Waals surface area contributed by atoms with Gasteiger partial charge < -0.3 is 4.74 Å². The minimum absolute atomic E-state index is 0.0166. The molecule has 0 saturated heterocycles. The number of fused-ring (bicyclic) bond motifs is 5. The molecule has 0 radical (unpaired) electrons. The Kier molecular flexibility index (Phi) is 3.89. The van der Waals surface area contributed by atoms with Crippen LogP contribution in [0.5, 0.6) is 0 Å². The van der Waals surface area contributed by atoms with E-state index in [1.165, 1.54) is 13.0 Å². The van der Waals surface area contributed by atoms with Crippen LogP contribution in [0.1, 0.15) is 46.5 Å². The Morgan fingerprint density at radius 2 is 2.00 bits per heavy atom. The highest BCUT2D eigenvalue weighted by Crippen LogP contribution is 2.65. The average molecular weight is 372 g/mol. The zero-order chi connectivity index (χ0) is 19.7. The van der Waals surface area contributed by atoms with E-state index in [-0.39, 0.29) is 41.5 Å². The van der Waals surface area contributed by atoms with E-state index < -0.39 is 23.0 Å². The molecule has 4 aliphatic carbocycles. The summed E-state index contributed by atoms with van der Waals surface area (Å²) in [5.41, 5.74) is 0.353. The average Bonchev–Trinajstić information content (AvgIpc) is 2.82. The molecular weight excluding hydrogens is 347 g/mol. The van der Waals surface area contributed by atoms with Crippen molar-refractivity contribution >= 4 is 17.5 Å². The molecule has 0 bridgehead atoms. The van der Waals surface area contributed by atoms with E-state index in [0.717, 1.165) is 12.0 Å². The fourth-order valence-corrected chi connectivity index (χ4v) is 6.32. The van der Waals surface area contributed by atoms with Crippen molar-refractivity contribution in [2.45, 2.75) is 52.6 Å². The van der Waals surface area contributed by atoms with Crippen molar-refractivity contribution in [2.24, 2.45) is 28.6 Å². The summed E-state index contributed by atoms with van der Waals surface area (Å²) in [5, 5.41) is 0. The van der Waals surface area contributed by atoms with Gasteiger partial charge in [-0.15, -0.1) is 0 Å². The fraction of sp³-hybridized carbons (Fsp3) is 0.591. The predicted molar refractivity (Wildman–Crippen MR) is 97.1 cm³/mol. The minimum Gasteiger partial charge on any atom is -0.422 e. The van der Waals surface area contributed by atoms with Crippen LogP contribution in [-0.4, -0.2) is 23.7 Å². The summed E-state index contributed by atoms with van der Waals surface area (Å²) in [5.74, 6) is -0.755. The van der Waals surface area contributed by atoms with Crippen molar-refractivity contribution in [3.05, 3.63) is 35.6 Å². The monoisotopic (exact) mass is 372 g/mol. The highest BCUT2D eigenvalue weighted by atomic mass is 19.1. The van der Waals surface area contributed by atoms with Crippen LogP contribution >= 0.6 is 0 Å². The summed E-state index contributed by atoms with van der Waals surface area (Å²) < 4.78 is 19.6. The lowest BCUT2D eigenvalue weighted by Crippen LogP contribution is -2.50. The van der Waals surface area contributed by atoms with Gasteiger partial charge in [-0.2, -0.15) is 0 Å². The molecule has 4 aliphatic rings. The van der Waals surface area contributed by atoms with Gasteiger partial charge in [-0.05, 0) is 55.1 Å². The van der Waals surface area contributed by atoms with E-state index in [4.69, 9.17) is 4.74 Å². The molecule has 6 atom stereocenters. The lowest BCUT2D eigenvalue weighted by atomic mass is 9.47. The Morgan fingerprint density at radius 1 is 1.30 bits per heavy atom. The number of allylic oxidation sites excluding steroid dienone is 4. The summed E-state index contributed by atoms with van der Waals surface area (Å²) >= 11 is 0. The van der Waals surface area contributed by atoms with Crippen LogP contribution in [0.25, 0.3) is 0 Å². The second-order valence-corrected chi connectivity index (χ2v) is 8.99. The molecule has 0 heterocycles. The third-order valence-electron chi connectivity index (χ3n) is 7.56. The van der Waals surface area contributed by atoms with E-state index in [1.54, 1.807) is 0 Å². The fourth-order valence-electron chi connectivity index (χ4n) is 6.32. The number of carbonyl (C=O) groups excluding carboxylic acids is 3. The number of rotatable bonds is 1. The number of ether oxygens (including phenoxy) is 1. The summed E-state index contributed by atoms with van der Waals surface area (Å²) in [6.45, 7) is 9.43. The minimum atomic E-state index is -1.38. The zero-order valence-electron chi connectivity index (χ0n) is 16.0. The van der Waals surface area contributed by atoms with E-state index in [2.05, 4.69) is 6.58 Å². The maximum absolute atomic E-state index is 14.3. The molecule has 0 aliphatic heterocycles. The number of alkyl halides is 1. The third-order valence-corrected chi connectivity index (χ3v) is 7.56. The van der Waals surface area contributed by atoms with Gasteiger partial charge in [-0.1, -0.05) is 26.5 Å². The van der Waals surface area contributed by atoms with E-state index >= 15 is 0 Å². The quantitative estimate of drug-likeness (QED) is 0.656. The molecule has 27 heavy (non-hydrogen) atoms. The first-order chi connectivity index (χ1) is 12.6. The Hall–Kier alpha value is -2.04. The number of halogens is 1. The maximum Gasteiger partial charge on any atom is 0.308 e. The molecule has 0 amide bonds. The number of ketones is 2. The lowest BCUT2D eigenvalue weighted by molar-refractivity contribution is -0.140. The molecule has 0 aromatic carbocycles. The van der Waals surface area contributed by atoms with Crippen molar-refractivity contribution in [3.63, 3.8) is 0 Å². The summed E-state index contributed by atoms with van der Waals surface area (Å²) in [4.78, 5) is 36.4. The standard InChI is InChI=1S/C22H25FO4/c1-11-9-13-14(5-7-22(4)15(13)10-16(23)20(22)26)21(3)8-6-17(25)19(18(11)21)27-12(2)24/h6,8,13-16H,1,5,7,9-10H2,2-4H3/t13-,14+,15+,16+,21-,22+/m1/s1. The van der Waals surface area contributed by atoms with Crippen molar-refractivity contribution in [3.8, 4) is 0 Å². The molecule has 144 valence electrons. The van der Waals surface area contributed by atoms with Gasteiger partial charge in [0.1, 0.15) is 0 Å². The first-order valence-corrected chi connectivity index (χ1v) is 9.63. The molecule has 3 saturated carbocycles. The Labute approximate surface area is 158 Å². The molecule has 0 unspecified atom stereocenters. The molecule has 5 heteroatoms. The van der Waals surface area contributed by atoms with Gasteiger partial charge in [0.2, 0.25) is 5.78 Å². The Morgan fingerprint density at radius 3 is 2.67 bits per heavy atom. The maximum atomic E-state index is 14.3. The normalized spacial score (nSPS) is 43.3. The summed E-state index contributed by atoms with van der Waals surface area (Å²) in [6, 6.07) is 0. The van der Waals surface area contributed by atoms with Gasteiger partial charge in [0.25, 0.3) is 0 Å².